The third kappa shape index (κ3) is 2.93. The molecule has 0 saturated carbocycles. The number of fused-ring (bicyclic) bond motifs is 1. The van der Waals surface area contributed by atoms with Crippen molar-refractivity contribution in [1.29, 1.82) is 0 Å². The molecule has 3 nitrogen and oxygen atoms in total. The molecule has 0 bridgehead atoms. The van der Waals surface area contributed by atoms with Gasteiger partial charge in [0.2, 0.25) is 0 Å². The van der Waals surface area contributed by atoms with Crippen LogP contribution in [0.5, 0.6) is 0 Å². The summed E-state index contributed by atoms with van der Waals surface area (Å²) in [6.45, 7) is 7.20. The third-order valence-corrected chi connectivity index (χ3v) is 4.38. The van der Waals surface area contributed by atoms with E-state index in [2.05, 4.69) is 42.3 Å². The van der Waals surface area contributed by atoms with Crippen molar-refractivity contribution in [2.75, 3.05) is 18.5 Å². The molecule has 0 radical (unpaired) electrons. The molecule has 1 heterocycles. The highest BCUT2D eigenvalue weighted by molar-refractivity contribution is 5.58. The van der Waals surface area contributed by atoms with Gasteiger partial charge in [-0.1, -0.05) is 12.1 Å². The number of nitrogens with zero attached hydrogens (tertiary/aromatic N) is 1. The van der Waals surface area contributed by atoms with Crippen LogP contribution < -0.4 is 10.2 Å². The summed E-state index contributed by atoms with van der Waals surface area (Å²) in [5.74, 6) is 0. The first kappa shape index (κ1) is 14.4. The van der Waals surface area contributed by atoms with E-state index in [9.17, 15) is 5.11 Å². The Hall–Kier alpha value is -1.06. The number of benzene rings is 1. The molecule has 0 spiro atoms. The molecular formula is C16H26N2O. The largest absolute Gasteiger partial charge is 0.391 e. The van der Waals surface area contributed by atoms with Crippen LogP contribution in [0.1, 0.15) is 44.4 Å². The zero-order valence-corrected chi connectivity index (χ0v) is 12.5. The number of rotatable bonds is 4. The average molecular weight is 262 g/mol. The second-order valence-corrected chi connectivity index (χ2v) is 5.68. The maximum absolute atomic E-state index is 9.83. The van der Waals surface area contributed by atoms with E-state index in [1.165, 1.54) is 23.2 Å². The van der Waals surface area contributed by atoms with Crippen LogP contribution in [0.2, 0.25) is 0 Å². The Bertz CT molecular complexity index is 431. The van der Waals surface area contributed by atoms with E-state index in [-0.39, 0.29) is 12.1 Å². The van der Waals surface area contributed by atoms with E-state index in [1.54, 1.807) is 0 Å². The van der Waals surface area contributed by atoms with E-state index in [1.807, 2.05) is 14.0 Å². The molecule has 3 unspecified atom stereocenters. The maximum Gasteiger partial charge on any atom is 0.0712 e. The number of hydrogen-bond donors (Lipinski definition) is 2. The van der Waals surface area contributed by atoms with E-state index in [0.29, 0.717) is 6.04 Å². The lowest BCUT2D eigenvalue weighted by Gasteiger charge is -2.38. The lowest BCUT2D eigenvalue weighted by molar-refractivity contribution is 0.164. The van der Waals surface area contributed by atoms with Crippen LogP contribution in [0.25, 0.3) is 0 Å². The van der Waals surface area contributed by atoms with Gasteiger partial charge in [-0.15, -0.1) is 0 Å². The quantitative estimate of drug-likeness (QED) is 0.875. The highest BCUT2D eigenvalue weighted by Crippen LogP contribution is 2.31. The Morgan fingerprint density at radius 1 is 1.26 bits per heavy atom. The van der Waals surface area contributed by atoms with Gasteiger partial charge in [0.1, 0.15) is 0 Å². The molecule has 0 amide bonds. The minimum absolute atomic E-state index is 0.173. The standard InChI is InChI=1S/C16H26N2O/c1-11(17-4)14-7-8-16-15(10-14)6-5-9-18(16)12(2)13(3)19/h7-8,10-13,17,19H,5-6,9H2,1-4H3. The van der Waals surface area contributed by atoms with Gasteiger partial charge in [-0.2, -0.15) is 0 Å². The van der Waals surface area contributed by atoms with Crippen molar-refractivity contribution in [2.24, 2.45) is 0 Å². The lowest BCUT2D eigenvalue weighted by atomic mass is 9.95. The summed E-state index contributed by atoms with van der Waals surface area (Å²) in [5, 5.41) is 13.1. The molecule has 3 heteroatoms. The number of aryl methyl sites for hydroxylation is 1. The predicted molar refractivity (Wildman–Crippen MR) is 80.7 cm³/mol. The smallest absolute Gasteiger partial charge is 0.0712 e. The van der Waals surface area contributed by atoms with Crippen molar-refractivity contribution in [3.8, 4) is 0 Å². The molecule has 2 N–H and O–H groups in total. The van der Waals surface area contributed by atoms with Crippen molar-refractivity contribution in [3.05, 3.63) is 29.3 Å². The molecule has 0 fully saturated rings. The van der Waals surface area contributed by atoms with Gasteiger partial charge in [0.25, 0.3) is 0 Å². The van der Waals surface area contributed by atoms with Crippen LogP contribution in [-0.2, 0) is 6.42 Å². The number of anilines is 1. The molecule has 0 aromatic heterocycles. The minimum atomic E-state index is -0.304. The fourth-order valence-electron chi connectivity index (χ4n) is 2.77. The molecule has 106 valence electrons. The van der Waals surface area contributed by atoms with Crippen molar-refractivity contribution in [1.82, 2.24) is 5.32 Å². The molecular weight excluding hydrogens is 236 g/mol. The molecule has 1 aromatic carbocycles. The topological polar surface area (TPSA) is 35.5 Å². The van der Waals surface area contributed by atoms with Gasteiger partial charge in [-0.25, -0.2) is 0 Å². The molecule has 2 rings (SSSR count). The average Bonchev–Trinajstić information content (AvgIpc) is 2.44. The van der Waals surface area contributed by atoms with Crippen molar-refractivity contribution >= 4 is 5.69 Å². The summed E-state index contributed by atoms with van der Waals surface area (Å²) in [6.07, 6.45) is 2.01. The van der Waals surface area contributed by atoms with Crippen LogP contribution in [-0.4, -0.2) is 30.8 Å². The highest BCUT2D eigenvalue weighted by atomic mass is 16.3. The Morgan fingerprint density at radius 2 is 2.00 bits per heavy atom. The van der Waals surface area contributed by atoms with E-state index >= 15 is 0 Å². The summed E-state index contributed by atoms with van der Waals surface area (Å²) in [4.78, 5) is 2.34. The first-order chi connectivity index (χ1) is 9.04. The summed E-state index contributed by atoms with van der Waals surface area (Å²) in [6, 6.07) is 7.29. The Balaban J connectivity index is 2.30. The summed E-state index contributed by atoms with van der Waals surface area (Å²) in [5.41, 5.74) is 4.05. The zero-order valence-electron chi connectivity index (χ0n) is 12.5. The fourth-order valence-corrected chi connectivity index (χ4v) is 2.77. The van der Waals surface area contributed by atoms with Crippen LogP contribution in [0.3, 0.4) is 0 Å². The molecule has 0 saturated heterocycles. The van der Waals surface area contributed by atoms with E-state index in [0.717, 1.165) is 13.0 Å². The third-order valence-electron chi connectivity index (χ3n) is 4.38. The first-order valence-electron chi connectivity index (χ1n) is 7.29. The van der Waals surface area contributed by atoms with Gasteiger partial charge in [0, 0.05) is 18.3 Å². The second kappa shape index (κ2) is 5.93. The molecule has 0 aliphatic carbocycles. The van der Waals surface area contributed by atoms with Crippen LogP contribution >= 0.6 is 0 Å². The van der Waals surface area contributed by atoms with Crippen LogP contribution in [0, 0.1) is 0 Å². The monoisotopic (exact) mass is 262 g/mol. The van der Waals surface area contributed by atoms with Gasteiger partial charge < -0.3 is 15.3 Å². The number of aliphatic hydroxyl groups is 1. The molecule has 1 aliphatic rings. The van der Waals surface area contributed by atoms with E-state index < -0.39 is 0 Å². The Labute approximate surface area is 116 Å². The second-order valence-electron chi connectivity index (χ2n) is 5.68. The lowest BCUT2D eigenvalue weighted by Crippen LogP contribution is -2.43. The van der Waals surface area contributed by atoms with Crippen molar-refractivity contribution in [3.63, 3.8) is 0 Å². The fraction of sp³-hybridized carbons (Fsp3) is 0.625. The summed E-state index contributed by atoms with van der Waals surface area (Å²) in [7, 11) is 1.99. The molecule has 1 aliphatic heterocycles. The number of aliphatic hydroxyl groups excluding tert-OH is 1. The van der Waals surface area contributed by atoms with Crippen molar-refractivity contribution in [2.45, 2.75) is 51.8 Å². The van der Waals surface area contributed by atoms with Crippen molar-refractivity contribution < 1.29 is 5.11 Å². The van der Waals surface area contributed by atoms with Gasteiger partial charge in [-0.05, 0) is 57.9 Å². The van der Waals surface area contributed by atoms with Gasteiger partial charge in [-0.3, -0.25) is 0 Å². The first-order valence-corrected chi connectivity index (χ1v) is 7.29. The number of nitrogens with one attached hydrogen (secondary N) is 1. The van der Waals surface area contributed by atoms with Gasteiger partial charge in [0.15, 0.2) is 0 Å². The predicted octanol–water partition coefficient (Wildman–Crippen LogP) is 2.49. The number of hydrogen-bond acceptors (Lipinski definition) is 3. The van der Waals surface area contributed by atoms with Crippen LogP contribution in [0.4, 0.5) is 5.69 Å². The SMILES string of the molecule is CNC(C)c1ccc2c(c1)CCCN2C(C)C(C)O. The molecule has 19 heavy (non-hydrogen) atoms. The Morgan fingerprint density at radius 3 is 2.63 bits per heavy atom. The van der Waals surface area contributed by atoms with Gasteiger partial charge in [0.05, 0.1) is 12.1 Å². The normalized spacial score (nSPS) is 19.7. The highest BCUT2D eigenvalue weighted by Gasteiger charge is 2.24. The van der Waals surface area contributed by atoms with Gasteiger partial charge >= 0.3 is 0 Å². The molecule has 1 aromatic rings. The minimum Gasteiger partial charge on any atom is -0.391 e. The Kier molecular flexibility index (Phi) is 4.48. The maximum atomic E-state index is 9.83. The zero-order chi connectivity index (χ0) is 14.0. The molecule has 3 atom stereocenters. The summed E-state index contributed by atoms with van der Waals surface area (Å²) < 4.78 is 0. The van der Waals surface area contributed by atoms with E-state index in [4.69, 9.17) is 0 Å². The van der Waals surface area contributed by atoms with Crippen LogP contribution in [0.15, 0.2) is 18.2 Å². The summed E-state index contributed by atoms with van der Waals surface area (Å²) >= 11 is 0.